The molecule has 5 atom stereocenters. The molecule has 1 aliphatic heterocycles. The van der Waals surface area contributed by atoms with E-state index in [0.717, 1.165) is 11.6 Å². The van der Waals surface area contributed by atoms with E-state index < -0.39 is 54.7 Å². The van der Waals surface area contributed by atoms with Crippen LogP contribution in [0.25, 0.3) is 12.2 Å². The molecule has 0 saturated carbocycles. The first-order valence-electron chi connectivity index (χ1n) is 8.60. The maximum absolute atomic E-state index is 14.4. The smallest absolute Gasteiger partial charge is 0.229 e. The zero-order chi connectivity index (χ0) is 20.3. The lowest BCUT2D eigenvalue weighted by atomic mass is 9.99. The summed E-state index contributed by atoms with van der Waals surface area (Å²) >= 11 is 0. The minimum atomic E-state index is -1.71. The molecule has 8 heteroatoms. The molecule has 0 spiro atoms. The number of rotatable bonds is 5. The Hall–Kier alpha value is -2.36. The SMILES string of the molecule is OC[C@H]1O[C@@H](Oc2c(F)cc(F)cc2/C=C/c2ccccc2)[C@H](O)[C@@H](O)[C@@H]1O. The Morgan fingerprint density at radius 1 is 0.964 bits per heavy atom. The van der Waals surface area contributed by atoms with E-state index in [0.29, 0.717) is 6.07 Å². The summed E-state index contributed by atoms with van der Waals surface area (Å²) in [5.41, 5.74) is 0.823. The van der Waals surface area contributed by atoms with Crippen molar-refractivity contribution in [2.24, 2.45) is 0 Å². The molecular weight excluding hydrogens is 374 g/mol. The second-order valence-corrected chi connectivity index (χ2v) is 6.37. The van der Waals surface area contributed by atoms with E-state index in [-0.39, 0.29) is 5.56 Å². The van der Waals surface area contributed by atoms with Crippen molar-refractivity contribution in [1.82, 2.24) is 0 Å². The van der Waals surface area contributed by atoms with Crippen molar-refractivity contribution in [3.63, 3.8) is 0 Å². The van der Waals surface area contributed by atoms with Gasteiger partial charge in [0.05, 0.1) is 6.61 Å². The zero-order valence-corrected chi connectivity index (χ0v) is 14.7. The highest BCUT2D eigenvalue weighted by Gasteiger charge is 2.45. The van der Waals surface area contributed by atoms with Crippen LogP contribution in [-0.4, -0.2) is 57.7 Å². The first-order chi connectivity index (χ1) is 13.4. The number of aliphatic hydroxyl groups is 4. The van der Waals surface area contributed by atoms with Gasteiger partial charge in [0.25, 0.3) is 0 Å². The van der Waals surface area contributed by atoms with Crippen molar-refractivity contribution in [3.05, 3.63) is 65.2 Å². The average Bonchev–Trinajstić information content (AvgIpc) is 2.69. The molecule has 0 radical (unpaired) electrons. The zero-order valence-electron chi connectivity index (χ0n) is 14.7. The third-order valence-corrected chi connectivity index (χ3v) is 4.37. The first kappa shape index (κ1) is 20.4. The predicted molar refractivity (Wildman–Crippen MR) is 96.1 cm³/mol. The molecule has 2 aromatic rings. The highest BCUT2D eigenvalue weighted by atomic mass is 19.1. The van der Waals surface area contributed by atoms with Gasteiger partial charge in [0.2, 0.25) is 6.29 Å². The van der Waals surface area contributed by atoms with E-state index in [1.54, 1.807) is 30.3 Å². The normalized spacial score (nSPS) is 27.9. The number of hydrogen-bond acceptors (Lipinski definition) is 6. The lowest BCUT2D eigenvalue weighted by Crippen LogP contribution is -2.60. The molecule has 0 bridgehead atoms. The molecule has 1 saturated heterocycles. The monoisotopic (exact) mass is 394 g/mol. The number of aliphatic hydroxyl groups excluding tert-OH is 4. The topological polar surface area (TPSA) is 99.4 Å². The number of halogens is 2. The maximum Gasteiger partial charge on any atom is 0.229 e. The third-order valence-electron chi connectivity index (χ3n) is 4.37. The Balaban J connectivity index is 1.90. The molecule has 150 valence electrons. The van der Waals surface area contributed by atoms with Gasteiger partial charge in [0.15, 0.2) is 11.6 Å². The summed E-state index contributed by atoms with van der Waals surface area (Å²) in [4.78, 5) is 0. The highest BCUT2D eigenvalue weighted by Crippen LogP contribution is 2.31. The molecule has 1 aliphatic rings. The van der Waals surface area contributed by atoms with Crippen LogP contribution in [0.4, 0.5) is 8.78 Å². The van der Waals surface area contributed by atoms with E-state index in [2.05, 4.69) is 0 Å². The highest BCUT2D eigenvalue weighted by molar-refractivity contribution is 5.72. The summed E-state index contributed by atoms with van der Waals surface area (Å²) in [7, 11) is 0. The fourth-order valence-corrected chi connectivity index (χ4v) is 2.86. The van der Waals surface area contributed by atoms with Crippen molar-refractivity contribution < 1.29 is 38.7 Å². The summed E-state index contributed by atoms with van der Waals surface area (Å²) < 4.78 is 38.7. The minimum absolute atomic E-state index is 0.0401. The molecule has 1 fully saturated rings. The minimum Gasteiger partial charge on any atom is -0.458 e. The second kappa shape index (κ2) is 8.76. The van der Waals surface area contributed by atoms with E-state index >= 15 is 0 Å². The molecule has 0 unspecified atom stereocenters. The van der Waals surface area contributed by atoms with Gasteiger partial charge in [-0.2, -0.15) is 0 Å². The van der Waals surface area contributed by atoms with Gasteiger partial charge in [-0.15, -0.1) is 0 Å². The summed E-state index contributed by atoms with van der Waals surface area (Å²) in [6.07, 6.45) is -4.71. The van der Waals surface area contributed by atoms with Gasteiger partial charge < -0.3 is 29.9 Å². The maximum atomic E-state index is 14.4. The van der Waals surface area contributed by atoms with Crippen molar-refractivity contribution in [3.8, 4) is 5.75 Å². The predicted octanol–water partition coefficient (Wildman–Crippen LogP) is 1.31. The molecule has 0 aliphatic carbocycles. The standard InChI is InChI=1S/C20H20F2O6/c21-13-8-12(7-6-11-4-2-1-3-5-11)19(14(22)9-13)28-20-18(26)17(25)16(24)15(10-23)27-20/h1-9,15-18,20,23-26H,10H2/b7-6+/t15-,16-,17+,18-,20+/m1/s1. The average molecular weight is 394 g/mol. The lowest BCUT2D eigenvalue weighted by Gasteiger charge is -2.39. The Morgan fingerprint density at radius 2 is 1.68 bits per heavy atom. The molecule has 28 heavy (non-hydrogen) atoms. The van der Waals surface area contributed by atoms with Crippen molar-refractivity contribution in [2.45, 2.75) is 30.7 Å². The van der Waals surface area contributed by atoms with Gasteiger partial charge in [-0.3, -0.25) is 0 Å². The fourth-order valence-electron chi connectivity index (χ4n) is 2.86. The van der Waals surface area contributed by atoms with Gasteiger partial charge in [-0.1, -0.05) is 42.5 Å². The molecule has 4 N–H and O–H groups in total. The van der Waals surface area contributed by atoms with Gasteiger partial charge in [-0.25, -0.2) is 8.78 Å². The van der Waals surface area contributed by atoms with E-state index in [1.807, 2.05) is 6.07 Å². The van der Waals surface area contributed by atoms with Gasteiger partial charge in [-0.05, 0) is 11.6 Å². The summed E-state index contributed by atoms with van der Waals surface area (Å²) in [5, 5.41) is 39.0. The van der Waals surface area contributed by atoms with Crippen molar-refractivity contribution in [2.75, 3.05) is 6.61 Å². The van der Waals surface area contributed by atoms with Crippen LogP contribution in [0.3, 0.4) is 0 Å². The van der Waals surface area contributed by atoms with Crippen LogP contribution < -0.4 is 4.74 Å². The van der Waals surface area contributed by atoms with Crippen LogP contribution in [0.2, 0.25) is 0 Å². The summed E-state index contributed by atoms with van der Waals surface area (Å²) in [5.74, 6) is -2.27. The van der Waals surface area contributed by atoms with Crippen molar-refractivity contribution >= 4 is 12.2 Å². The van der Waals surface area contributed by atoms with Crippen LogP contribution in [0, 0.1) is 11.6 Å². The Kier molecular flexibility index (Phi) is 6.38. The van der Waals surface area contributed by atoms with E-state index in [4.69, 9.17) is 9.47 Å². The van der Waals surface area contributed by atoms with Crippen LogP contribution in [0.1, 0.15) is 11.1 Å². The largest absolute Gasteiger partial charge is 0.458 e. The molecule has 1 heterocycles. The quantitative estimate of drug-likeness (QED) is 0.571. The van der Waals surface area contributed by atoms with Gasteiger partial charge in [0, 0.05) is 11.6 Å². The van der Waals surface area contributed by atoms with Crippen LogP contribution in [0.5, 0.6) is 5.75 Å². The molecule has 6 nitrogen and oxygen atoms in total. The van der Waals surface area contributed by atoms with Gasteiger partial charge in [0.1, 0.15) is 30.2 Å². The molecule has 2 aromatic carbocycles. The summed E-state index contributed by atoms with van der Waals surface area (Å²) in [6, 6.07) is 10.7. The third kappa shape index (κ3) is 4.37. The van der Waals surface area contributed by atoms with Crippen molar-refractivity contribution in [1.29, 1.82) is 0 Å². The number of benzene rings is 2. The van der Waals surface area contributed by atoms with Crippen LogP contribution in [-0.2, 0) is 4.74 Å². The number of hydrogen-bond donors (Lipinski definition) is 4. The first-order valence-corrected chi connectivity index (χ1v) is 8.60. The van der Waals surface area contributed by atoms with E-state index in [9.17, 15) is 29.2 Å². The Labute approximate surface area is 159 Å². The Morgan fingerprint density at radius 3 is 2.36 bits per heavy atom. The summed E-state index contributed by atoms with van der Waals surface area (Å²) in [6.45, 7) is -0.655. The van der Waals surface area contributed by atoms with Crippen LogP contribution in [0.15, 0.2) is 42.5 Å². The molecular formula is C20H20F2O6. The fraction of sp³-hybridized carbons (Fsp3) is 0.300. The second-order valence-electron chi connectivity index (χ2n) is 6.37. The number of ether oxygens (including phenoxy) is 2. The van der Waals surface area contributed by atoms with Gasteiger partial charge >= 0.3 is 0 Å². The molecule has 3 rings (SSSR count). The lowest BCUT2D eigenvalue weighted by molar-refractivity contribution is -0.277. The Bertz CT molecular complexity index is 827. The molecule has 0 amide bonds. The van der Waals surface area contributed by atoms with E-state index in [1.165, 1.54) is 6.08 Å². The van der Waals surface area contributed by atoms with Crippen LogP contribution >= 0.6 is 0 Å². The molecule has 0 aromatic heterocycles.